The fraction of sp³-hybridized carbons (Fsp3) is 0.500. The van der Waals surface area contributed by atoms with Gasteiger partial charge in [0.25, 0.3) is 0 Å². The summed E-state index contributed by atoms with van der Waals surface area (Å²) in [7, 11) is 0. The van der Waals surface area contributed by atoms with E-state index >= 15 is 0 Å². The Kier molecular flexibility index (Phi) is 4.59. The number of alkyl halides is 3. The van der Waals surface area contributed by atoms with Crippen LogP contribution in [0.15, 0.2) is 0 Å². The average molecular weight is 127 g/mol. The number of rotatable bonds is 0. The summed E-state index contributed by atoms with van der Waals surface area (Å²) >= 11 is 0. The number of hydrogen-bond acceptors (Lipinski definition) is 0. The summed E-state index contributed by atoms with van der Waals surface area (Å²) < 4.78 is 51.8. The Morgan fingerprint density at radius 1 is 1.00 bits per heavy atom. The third-order valence-corrected chi connectivity index (χ3v) is 0.214. The molecule has 0 heterocycles. The predicted molar refractivity (Wildman–Crippen MR) is 18.7 cm³/mol. The predicted octanol–water partition coefficient (Wildman–Crippen LogP) is 1.33. The second kappa shape index (κ2) is 3.31. The van der Waals surface area contributed by atoms with E-state index in [-0.39, 0.29) is 18.9 Å². The molecule has 0 unspecified atom stereocenters. The van der Waals surface area contributed by atoms with Crippen LogP contribution >= 0.6 is 0 Å². The van der Waals surface area contributed by atoms with E-state index in [1.807, 2.05) is 0 Å². The van der Waals surface area contributed by atoms with Crippen LogP contribution in [0.3, 0.4) is 0 Å². The van der Waals surface area contributed by atoms with Gasteiger partial charge < -0.3 is 0 Å². The molecule has 6 heteroatoms. The fourth-order valence-corrected chi connectivity index (χ4v) is 0. The van der Waals surface area contributed by atoms with E-state index in [9.17, 15) is 22.0 Å². The monoisotopic (exact) mass is 127 g/mol. The Morgan fingerprint density at radius 2 is 1.12 bits per heavy atom. The van der Waals surface area contributed by atoms with Gasteiger partial charge in [0.2, 0.25) is 0 Å². The molecule has 0 atom stereocenters. The van der Waals surface area contributed by atoms with Crippen LogP contribution in [0, 0.1) is 6.43 Å². The van der Waals surface area contributed by atoms with E-state index in [0.29, 0.717) is 0 Å². The Morgan fingerprint density at radius 3 is 1.12 bits per heavy atom. The first-order valence-electron chi connectivity index (χ1n) is 1.19. The summed E-state index contributed by atoms with van der Waals surface area (Å²) in [5, 5.41) is 0. The quantitative estimate of drug-likeness (QED) is 0.340. The normalized spacial score (nSPS) is 11.2. The molecule has 0 aromatic rings. The minimum absolute atomic E-state index is 0. The van der Waals surface area contributed by atoms with Gasteiger partial charge in [-0.05, 0) is 0 Å². The summed E-state index contributed by atoms with van der Waals surface area (Å²) in [5.41, 5.74) is 0. The van der Waals surface area contributed by atoms with Crippen LogP contribution in [0.1, 0.15) is 0 Å². The first kappa shape index (κ1) is 11.1. The van der Waals surface area contributed by atoms with Crippen molar-refractivity contribution in [2.24, 2.45) is 0 Å². The van der Waals surface area contributed by atoms with E-state index in [1.54, 1.807) is 0 Å². The molecule has 8 heavy (non-hydrogen) atoms. The molecular weight excluding hydrogens is 126 g/mol. The summed E-state index contributed by atoms with van der Waals surface area (Å²) in [4.78, 5) is 0. The molecule has 0 saturated carbocycles. The molecule has 0 aromatic heterocycles. The van der Waals surface area contributed by atoms with Crippen LogP contribution in [0.2, 0.25) is 0 Å². The van der Waals surface area contributed by atoms with E-state index in [1.165, 1.54) is 0 Å². The summed E-state index contributed by atoms with van der Waals surface area (Å²) in [6.45, 7) is 0. The molecule has 0 aliphatic rings. The molecule has 0 rings (SSSR count). The Labute approximate surface area is 54.2 Å². The SMILES string of the molecule is F[C](F)C(F)(F)F.[LiH]. The van der Waals surface area contributed by atoms with E-state index in [4.69, 9.17) is 0 Å². The third kappa shape index (κ3) is 4.41. The van der Waals surface area contributed by atoms with E-state index < -0.39 is 12.6 Å². The molecule has 0 nitrogen and oxygen atoms in total. The molecule has 0 saturated heterocycles. The molecule has 45 valence electrons. The standard InChI is InChI=1S/C2F5.Li.H/c3-1(4)2(5,6)7;;. The molecule has 1 radical (unpaired) electrons. The van der Waals surface area contributed by atoms with E-state index in [2.05, 4.69) is 0 Å². The van der Waals surface area contributed by atoms with E-state index in [0.717, 1.165) is 0 Å². The van der Waals surface area contributed by atoms with Crippen molar-refractivity contribution in [2.75, 3.05) is 0 Å². The van der Waals surface area contributed by atoms with Gasteiger partial charge in [0, 0.05) is 0 Å². The summed E-state index contributed by atoms with van der Waals surface area (Å²) in [5.74, 6) is 0. The Bertz CT molecular complexity index is 55.9. The topological polar surface area (TPSA) is 0 Å². The maximum atomic E-state index is 10.4. The van der Waals surface area contributed by atoms with Crippen LogP contribution in [0.4, 0.5) is 22.0 Å². The average Bonchev–Trinajstić information content (AvgIpc) is 1.31. The fourth-order valence-electron chi connectivity index (χ4n) is 0. The van der Waals surface area contributed by atoms with Crippen molar-refractivity contribution in [1.82, 2.24) is 0 Å². The van der Waals surface area contributed by atoms with Gasteiger partial charge >= 0.3 is 31.5 Å². The molecule has 0 bridgehead atoms. The second-order valence-corrected chi connectivity index (χ2v) is 0.758. The first-order chi connectivity index (χ1) is 2.94. The van der Waals surface area contributed by atoms with Crippen molar-refractivity contribution in [3.8, 4) is 0 Å². The van der Waals surface area contributed by atoms with Crippen molar-refractivity contribution in [3.05, 3.63) is 6.43 Å². The van der Waals surface area contributed by atoms with Gasteiger partial charge in [0.15, 0.2) is 0 Å². The zero-order valence-corrected chi connectivity index (χ0v) is 2.89. The first-order valence-corrected chi connectivity index (χ1v) is 1.19. The van der Waals surface area contributed by atoms with Crippen LogP contribution in [0.5, 0.6) is 0 Å². The van der Waals surface area contributed by atoms with Gasteiger partial charge in [-0.25, -0.2) is 0 Å². The summed E-state index contributed by atoms with van der Waals surface area (Å²) in [6, 6.07) is 0. The van der Waals surface area contributed by atoms with Crippen LogP contribution in [0.25, 0.3) is 0 Å². The minimum atomic E-state index is -5.42. The number of halogens is 5. The van der Waals surface area contributed by atoms with Crippen molar-refractivity contribution >= 4 is 18.9 Å². The molecule has 0 fully saturated rings. The zero-order valence-electron chi connectivity index (χ0n) is 2.89. The molecule has 0 N–H and O–H groups in total. The van der Waals surface area contributed by atoms with Gasteiger partial charge in [-0.3, -0.25) is 0 Å². The van der Waals surface area contributed by atoms with Crippen molar-refractivity contribution in [3.63, 3.8) is 0 Å². The van der Waals surface area contributed by atoms with Gasteiger partial charge in [-0.1, -0.05) is 0 Å². The number of hydrogen-bond donors (Lipinski definition) is 0. The van der Waals surface area contributed by atoms with Gasteiger partial charge in [-0.2, -0.15) is 22.0 Å². The molecule has 0 aromatic carbocycles. The van der Waals surface area contributed by atoms with Gasteiger partial charge in [-0.15, -0.1) is 0 Å². The molecule has 0 amide bonds. The van der Waals surface area contributed by atoms with Crippen molar-refractivity contribution in [1.29, 1.82) is 0 Å². The zero-order chi connectivity index (χ0) is 6.08. The summed E-state index contributed by atoms with van der Waals surface area (Å²) in [6.07, 6.45) is -8.92. The van der Waals surface area contributed by atoms with Crippen LogP contribution in [-0.2, 0) is 0 Å². The molecular formula is C2HF5Li. The molecule has 0 spiro atoms. The Hall–Kier alpha value is 0.247. The van der Waals surface area contributed by atoms with Crippen LogP contribution in [-0.4, -0.2) is 25.0 Å². The van der Waals surface area contributed by atoms with Crippen molar-refractivity contribution in [2.45, 2.75) is 6.18 Å². The van der Waals surface area contributed by atoms with Crippen LogP contribution < -0.4 is 0 Å². The Balaban J connectivity index is 0. The molecule has 0 aliphatic heterocycles. The molecule has 0 aliphatic carbocycles. The third-order valence-electron chi connectivity index (χ3n) is 0.214. The maximum absolute atomic E-state index is 10.4. The second-order valence-electron chi connectivity index (χ2n) is 0.758. The van der Waals surface area contributed by atoms with Gasteiger partial charge in [0.05, 0.1) is 0 Å². The van der Waals surface area contributed by atoms with Crippen molar-refractivity contribution < 1.29 is 22.0 Å². The van der Waals surface area contributed by atoms with Gasteiger partial charge in [0.1, 0.15) is 0 Å².